The maximum atomic E-state index is 13.4. The molecule has 0 N–H and O–H groups in total. The highest BCUT2D eigenvalue weighted by atomic mass is 19.3. The molecule has 0 aliphatic heterocycles. The maximum Gasteiger partial charge on any atom is 0.269 e. The van der Waals surface area contributed by atoms with Crippen molar-refractivity contribution in [1.82, 2.24) is 0 Å². The van der Waals surface area contributed by atoms with Crippen LogP contribution in [0.5, 0.6) is 0 Å². The van der Waals surface area contributed by atoms with Crippen LogP contribution in [0.3, 0.4) is 0 Å². The van der Waals surface area contributed by atoms with Crippen molar-refractivity contribution in [1.29, 1.82) is 0 Å². The number of hydrogen-bond acceptors (Lipinski definition) is 3. The van der Waals surface area contributed by atoms with Gasteiger partial charge in [0.1, 0.15) is 6.29 Å². The third-order valence-electron chi connectivity index (χ3n) is 2.97. The van der Waals surface area contributed by atoms with Crippen LogP contribution in [0.25, 0.3) is 0 Å². The molecule has 1 aromatic rings. The lowest BCUT2D eigenvalue weighted by Crippen LogP contribution is -1.94. The van der Waals surface area contributed by atoms with Gasteiger partial charge in [-0.3, -0.25) is 14.9 Å². The van der Waals surface area contributed by atoms with Crippen LogP contribution in [0.4, 0.5) is 14.5 Å². The van der Waals surface area contributed by atoms with Gasteiger partial charge >= 0.3 is 0 Å². The van der Waals surface area contributed by atoms with Gasteiger partial charge in [-0.25, -0.2) is 8.78 Å². The SMILES string of the molecule is O=C/C=C/[C@@H]1C(c2ccc([N+](=O)[O-])cc2)C1(F)F. The number of halogens is 2. The van der Waals surface area contributed by atoms with Crippen molar-refractivity contribution >= 4 is 12.0 Å². The molecule has 18 heavy (non-hydrogen) atoms. The Morgan fingerprint density at radius 1 is 1.28 bits per heavy atom. The number of non-ortho nitro benzene ring substituents is 1. The minimum atomic E-state index is -2.89. The van der Waals surface area contributed by atoms with E-state index in [1.165, 1.54) is 30.3 Å². The van der Waals surface area contributed by atoms with Crippen LogP contribution in [0.15, 0.2) is 36.4 Å². The van der Waals surface area contributed by atoms with Crippen molar-refractivity contribution in [2.24, 2.45) is 5.92 Å². The zero-order valence-corrected chi connectivity index (χ0v) is 9.12. The number of aldehydes is 1. The number of allylic oxidation sites excluding steroid dienone is 2. The first-order chi connectivity index (χ1) is 8.48. The first-order valence-electron chi connectivity index (χ1n) is 5.22. The molecule has 0 bridgehead atoms. The Morgan fingerprint density at radius 3 is 2.39 bits per heavy atom. The molecule has 1 saturated carbocycles. The van der Waals surface area contributed by atoms with Crippen LogP contribution >= 0.6 is 0 Å². The van der Waals surface area contributed by atoms with Gasteiger partial charge in [0.2, 0.25) is 0 Å². The fraction of sp³-hybridized carbons (Fsp3) is 0.250. The molecule has 4 nitrogen and oxygen atoms in total. The molecule has 94 valence electrons. The lowest BCUT2D eigenvalue weighted by Gasteiger charge is -1.98. The molecule has 2 atom stereocenters. The summed E-state index contributed by atoms with van der Waals surface area (Å²) in [7, 11) is 0. The summed E-state index contributed by atoms with van der Waals surface area (Å²) in [6.45, 7) is 0. The van der Waals surface area contributed by atoms with E-state index in [2.05, 4.69) is 0 Å². The van der Waals surface area contributed by atoms with E-state index in [1.54, 1.807) is 0 Å². The Bertz CT molecular complexity index is 511. The van der Waals surface area contributed by atoms with Crippen molar-refractivity contribution in [3.05, 3.63) is 52.1 Å². The molecule has 0 spiro atoms. The van der Waals surface area contributed by atoms with Crippen LogP contribution in [0.2, 0.25) is 0 Å². The molecular weight excluding hydrogens is 244 g/mol. The van der Waals surface area contributed by atoms with E-state index in [-0.39, 0.29) is 5.69 Å². The Balaban J connectivity index is 2.20. The number of rotatable bonds is 4. The van der Waals surface area contributed by atoms with Crippen LogP contribution in [0, 0.1) is 16.0 Å². The minimum absolute atomic E-state index is 0.136. The molecule has 0 amide bonds. The van der Waals surface area contributed by atoms with Crippen LogP contribution in [-0.4, -0.2) is 17.1 Å². The average Bonchev–Trinajstić information content (AvgIpc) is 2.88. The maximum absolute atomic E-state index is 13.4. The van der Waals surface area contributed by atoms with E-state index in [1.807, 2.05) is 0 Å². The highest BCUT2D eigenvalue weighted by Gasteiger charge is 2.67. The van der Waals surface area contributed by atoms with E-state index in [9.17, 15) is 23.7 Å². The normalized spacial score (nSPS) is 25.0. The summed E-state index contributed by atoms with van der Waals surface area (Å²) >= 11 is 0. The first-order valence-corrected chi connectivity index (χ1v) is 5.22. The highest BCUT2D eigenvalue weighted by Crippen LogP contribution is 2.62. The van der Waals surface area contributed by atoms with Crippen molar-refractivity contribution in [3.8, 4) is 0 Å². The van der Waals surface area contributed by atoms with Crippen molar-refractivity contribution in [2.45, 2.75) is 11.8 Å². The highest BCUT2D eigenvalue weighted by molar-refractivity contribution is 5.65. The summed E-state index contributed by atoms with van der Waals surface area (Å²) in [6.07, 6.45) is 2.66. The molecule has 6 heteroatoms. The van der Waals surface area contributed by atoms with E-state index >= 15 is 0 Å². The van der Waals surface area contributed by atoms with Crippen molar-refractivity contribution < 1.29 is 18.5 Å². The predicted octanol–water partition coefficient (Wildman–Crippen LogP) is 2.70. The molecule has 0 saturated heterocycles. The number of carbonyl (C=O) groups is 1. The number of alkyl halides is 2. The summed E-state index contributed by atoms with van der Waals surface area (Å²) in [4.78, 5) is 20.0. The number of benzene rings is 1. The predicted molar refractivity (Wildman–Crippen MR) is 59.5 cm³/mol. The average molecular weight is 253 g/mol. The van der Waals surface area contributed by atoms with Gasteiger partial charge < -0.3 is 0 Å². The largest absolute Gasteiger partial charge is 0.299 e. The van der Waals surface area contributed by atoms with Gasteiger partial charge in [0.15, 0.2) is 0 Å². The molecule has 1 aromatic carbocycles. The van der Waals surface area contributed by atoms with E-state index in [4.69, 9.17) is 0 Å². The minimum Gasteiger partial charge on any atom is -0.299 e. The van der Waals surface area contributed by atoms with Gasteiger partial charge in [0, 0.05) is 12.1 Å². The van der Waals surface area contributed by atoms with E-state index in [0.717, 1.165) is 6.08 Å². The molecule has 2 rings (SSSR count). The van der Waals surface area contributed by atoms with Gasteiger partial charge in [-0.05, 0) is 11.6 Å². The summed E-state index contributed by atoms with van der Waals surface area (Å²) < 4.78 is 26.9. The zero-order valence-electron chi connectivity index (χ0n) is 9.12. The Kier molecular flexibility index (Phi) is 2.94. The molecule has 1 aliphatic rings. The third-order valence-corrected chi connectivity index (χ3v) is 2.97. The van der Waals surface area contributed by atoms with Crippen molar-refractivity contribution in [3.63, 3.8) is 0 Å². The second kappa shape index (κ2) is 4.29. The van der Waals surface area contributed by atoms with Gasteiger partial charge in [-0.2, -0.15) is 0 Å². The first kappa shape index (κ1) is 12.3. The smallest absolute Gasteiger partial charge is 0.269 e. The van der Waals surface area contributed by atoms with E-state index < -0.39 is 22.7 Å². The van der Waals surface area contributed by atoms with Crippen LogP contribution in [0.1, 0.15) is 11.5 Å². The topological polar surface area (TPSA) is 60.2 Å². The molecular formula is C12H9F2NO3. The summed E-state index contributed by atoms with van der Waals surface area (Å²) in [6, 6.07) is 5.05. The molecule has 0 aromatic heterocycles. The molecule has 1 unspecified atom stereocenters. The fourth-order valence-electron chi connectivity index (χ4n) is 1.99. The summed E-state index contributed by atoms with van der Waals surface area (Å²) in [5, 5.41) is 10.4. The zero-order chi connectivity index (χ0) is 13.3. The number of hydrogen-bond donors (Lipinski definition) is 0. The fourth-order valence-corrected chi connectivity index (χ4v) is 1.99. The van der Waals surface area contributed by atoms with Crippen LogP contribution < -0.4 is 0 Å². The molecule has 1 fully saturated rings. The quantitative estimate of drug-likeness (QED) is 0.358. The Labute approximate surface area is 101 Å². The molecule has 0 radical (unpaired) electrons. The van der Waals surface area contributed by atoms with E-state index in [0.29, 0.717) is 11.8 Å². The van der Waals surface area contributed by atoms with Crippen LogP contribution in [-0.2, 0) is 4.79 Å². The second-order valence-electron chi connectivity index (χ2n) is 4.05. The van der Waals surface area contributed by atoms with Gasteiger partial charge in [-0.15, -0.1) is 0 Å². The lowest BCUT2D eigenvalue weighted by atomic mass is 10.1. The monoisotopic (exact) mass is 253 g/mol. The number of nitrogens with zero attached hydrogens (tertiary/aromatic N) is 1. The van der Waals surface area contributed by atoms with Crippen molar-refractivity contribution in [2.75, 3.05) is 0 Å². The summed E-state index contributed by atoms with van der Waals surface area (Å²) in [5.41, 5.74) is 0.203. The summed E-state index contributed by atoms with van der Waals surface area (Å²) in [5.74, 6) is -4.91. The Hall–Kier alpha value is -2.11. The van der Waals surface area contributed by atoms with Gasteiger partial charge in [0.25, 0.3) is 11.6 Å². The third kappa shape index (κ3) is 2.01. The molecule has 0 heterocycles. The number of carbonyl (C=O) groups excluding carboxylic acids is 1. The lowest BCUT2D eigenvalue weighted by molar-refractivity contribution is -0.384. The Morgan fingerprint density at radius 2 is 1.89 bits per heavy atom. The number of nitro benzene ring substituents is 1. The van der Waals surface area contributed by atoms with Gasteiger partial charge in [0.05, 0.1) is 16.8 Å². The standard InChI is InChI=1S/C12H9F2NO3/c13-12(14)10(2-1-7-16)11(12)8-3-5-9(6-4-8)15(17)18/h1-7,10-11H/b2-1+/t10-,11?/m1/s1. The number of nitro groups is 1. The van der Waals surface area contributed by atoms with Gasteiger partial charge in [-0.1, -0.05) is 18.2 Å². The second-order valence-corrected chi connectivity index (χ2v) is 4.05. The molecule has 1 aliphatic carbocycles.